The SMILES string of the molecule is O=C(Nc1ccc(Cl)c([N+](=O)[O-])c1)NC(F)(F)F. The Morgan fingerprint density at radius 2 is 2.00 bits per heavy atom. The van der Waals surface area contributed by atoms with Crippen LogP contribution in [0, 0.1) is 10.1 Å². The van der Waals surface area contributed by atoms with Gasteiger partial charge in [0.05, 0.1) is 4.92 Å². The fraction of sp³-hybridized carbons (Fsp3) is 0.125. The Labute approximate surface area is 103 Å². The average Bonchev–Trinajstić information content (AvgIpc) is 2.17. The zero-order chi connectivity index (χ0) is 13.9. The minimum atomic E-state index is -4.89. The van der Waals surface area contributed by atoms with E-state index in [0.29, 0.717) is 5.32 Å². The molecule has 0 aromatic heterocycles. The van der Waals surface area contributed by atoms with Crippen molar-refractivity contribution in [1.29, 1.82) is 0 Å². The predicted octanol–water partition coefficient (Wildman–Crippen LogP) is 2.89. The van der Waals surface area contributed by atoms with Crippen LogP contribution in [0.2, 0.25) is 5.02 Å². The first-order valence-corrected chi connectivity index (χ1v) is 4.66. The van der Waals surface area contributed by atoms with Crippen LogP contribution < -0.4 is 10.6 Å². The summed E-state index contributed by atoms with van der Waals surface area (Å²) < 4.78 is 35.3. The Bertz CT molecular complexity index is 492. The highest BCUT2D eigenvalue weighted by molar-refractivity contribution is 6.32. The second kappa shape index (κ2) is 5.08. The van der Waals surface area contributed by atoms with E-state index in [4.69, 9.17) is 11.6 Å². The first kappa shape index (κ1) is 14.0. The van der Waals surface area contributed by atoms with Crippen molar-refractivity contribution in [2.45, 2.75) is 6.30 Å². The summed E-state index contributed by atoms with van der Waals surface area (Å²) in [6, 6.07) is 1.51. The Morgan fingerprint density at radius 3 is 2.50 bits per heavy atom. The zero-order valence-corrected chi connectivity index (χ0v) is 9.17. The molecule has 0 heterocycles. The maximum atomic E-state index is 11.8. The Morgan fingerprint density at radius 1 is 1.39 bits per heavy atom. The van der Waals surface area contributed by atoms with Crippen molar-refractivity contribution in [2.24, 2.45) is 0 Å². The maximum Gasteiger partial charge on any atom is 0.485 e. The van der Waals surface area contributed by atoms with Crippen LogP contribution in [0.15, 0.2) is 18.2 Å². The third-order valence-corrected chi connectivity index (χ3v) is 1.98. The second-order valence-corrected chi connectivity index (χ2v) is 3.41. The number of amides is 2. The van der Waals surface area contributed by atoms with Gasteiger partial charge in [-0.2, -0.15) is 13.2 Å². The van der Waals surface area contributed by atoms with E-state index >= 15 is 0 Å². The van der Waals surface area contributed by atoms with Gasteiger partial charge in [0, 0.05) is 11.8 Å². The molecule has 0 radical (unpaired) electrons. The molecule has 0 unspecified atom stereocenters. The molecule has 0 aliphatic carbocycles. The summed E-state index contributed by atoms with van der Waals surface area (Å²) in [5, 5.41) is 12.8. The number of anilines is 1. The molecular formula is C8H5ClF3N3O3. The number of halogens is 4. The zero-order valence-electron chi connectivity index (χ0n) is 8.42. The largest absolute Gasteiger partial charge is 0.485 e. The first-order chi connectivity index (χ1) is 8.19. The number of hydrogen-bond donors (Lipinski definition) is 2. The van der Waals surface area contributed by atoms with E-state index in [0.717, 1.165) is 18.2 Å². The highest BCUT2D eigenvalue weighted by Crippen LogP contribution is 2.27. The van der Waals surface area contributed by atoms with Crippen molar-refractivity contribution >= 4 is 29.0 Å². The molecule has 10 heteroatoms. The molecule has 0 fully saturated rings. The van der Waals surface area contributed by atoms with E-state index in [9.17, 15) is 28.1 Å². The quantitative estimate of drug-likeness (QED) is 0.497. The van der Waals surface area contributed by atoms with E-state index in [1.54, 1.807) is 5.32 Å². The number of nitro benzene ring substituents is 1. The fourth-order valence-electron chi connectivity index (χ4n) is 1.02. The minimum Gasteiger partial charge on any atom is -0.308 e. The van der Waals surface area contributed by atoms with Gasteiger partial charge in [0.1, 0.15) is 5.02 Å². The maximum absolute atomic E-state index is 11.8. The van der Waals surface area contributed by atoms with Crippen molar-refractivity contribution in [1.82, 2.24) is 5.32 Å². The van der Waals surface area contributed by atoms with Crippen LogP contribution in [-0.4, -0.2) is 17.3 Å². The summed E-state index contributed by atoms with van der Waals surface area (Å²) in [4.78, 5) is 20.5. The molecule has 98 valence electrons. The Hall–Kier alpha value is -2.03. The number of alkyl halides is 3. The molecule has 0 aliphatic rings. The van der Waals surface area contributed by atoms with E-state index in [-0.39, 0.29) is 10.7 Å². The molecule has 2 amide bonds. The molecule has 6 nitrogen and oxygen atoms in total. The van der Waals surface area contributed by atoms with Gasteiger partial charge >= 0.3 is 12.3 Å². The molecule has 2 N–H and O–H groups in total. The monoisotopic (exact) mass is 283 g/mol. The highest BCUT2D eigenvalue weighted by atomic mass is 35.5. The first-order valence-electron chi connectivity index (χ1n) is 4.29. The van der Waals surface area contributed by atoms with Crippen molar-refractivity contribution in [3.05, 3.63) is 33.3 Å². The molecule has 1 rings (SSSR count). The summed E-state index contributed by atoms with van der Waals surface area (Å²) in [6.07, 6.45) is -4.89. The van der Waals surface area contributed by atoms with Gasteiger partial charge in [-0.1, -0.05) is 11.6 Å². The van der Waals surface area contributed by atoms with Gasteiger partial charge in [-0.05, 0) is 12.1 Å². The molecule has 0 atom stereocenters. The van der Waals surface area contributed by atoms with Crippen LogP contribution in [0.4, 0.5) is 29.3 Å². The molecule has 18 heavy (non-hydrogen) atoms. The normalized spacial score (nSPS) is 10.9. The van der Waals surface area contributed by atoms with Crippen LogP contribution in [0.5, 0.6) is 0 Å². The van der Waals surface area contributed by atoms with Crippen LogP contribution in [-0.2, 0) is 0 Å². The van der Waals surface area contributed by atoms with Crippen molar-refractivity contribution in [2.75, 3.05) is 5.32 Å². The minimum absolute atomic E-state index is 0.187. The van der Waals surface area contributed by atoms with Crippen molar-refractivity contribution in [3.8, 4) is 0 Å². The van der Waals surface area contributed by atoms with E-state index < -0.39 is 22.9 Å². The summed E-state index contributed by atoms with van der Waals surface area (Å²) in [6.45, 7) is 0. The number of carbonyl (C=O) groups excluding carboxylic acids is 1. The molecule has 0 bridgehead atoms. The molecule has 0 spiro atoms. The van der Waals surface area contributed by atoms with Crippen LogP contribution in [0.3, 0.4) is 0 Å². The standard InChI is InChI=1S/C8H5ClF3N3O3/c9-5-2-1-4(3-6(5)15(17)18)13-7(16)14-8(10,11)12/h1-3H,(H2,13,14,16). The van der Waals surface area contributed by atoms with E-state index in [1.165, 1.54) is 0 Å². The number of nitrogens with one attached hydrogen (secondary N) is 2. The van der Waals surface area contributed by atoms with Crippen molar-refractivity contribution in [3.63, 3.8) is 0 Å². The topological polar surface area (TPSA) is 84.3 Å². The van der Waals surface area contributed by atoms with Crippen molar-refractivity contribution < 1.29 is 22.9 Å². The van der Waals surface area contributed by atoms with Gasteiger partial charge in [0.2, 0.25) is 0 Å². The summed E-state index contributed by atoms with van der Waals surface area (Å²) in [5.74, 6) is 0. The van der Waals surface area contributed by atoms with Crippen LogP contribution >= 0.6 is 11.6 Å². The summed E-state index contributed by atoms with van der Waals surface area (Å²) >= 11 is 5.48. The van der Waals surface area contributed by atoms with Gasteiger partial charge in [0.15, 0.2) is 0 Å². The number of urea groups is 1. The lowest BCUT2D eigenvalue weighted by Crippen LogP contribution is -2.40. The smallest absolute Gasteiger partial charge is 0.308 e. The van der Waals surface area contributed by atoms with Gasteiger partial charge in [-0.25, -0.2) is 10.1 Å². The highest BCUT2D eigenvalue weighted by Gasteiger charge is 2.30. The number of carbonyl (C=O) groups is 1. The third kappa shape index (κ3) is 4.09. The lowest BCUT2D eigenvalue weighted by molar-refractivity contribution is -0.384. The van der Waals surface area contributed by atoms with E-state index in [2.05, 4.69) is 0 Å². The predicted molar refractivity (Wildman–Crippen MR) is 56.3 cm³/mol. The lowest BCUT2D eigenvalue weighted by atomic mass is 10.3. The van der Waals surface area contributed by atoms with E-state index in [1.807, 2.05) is 0 Å². The molecular weight excluding hydrogens is 279 g/mol. The second-order valence-electron chi connectivity index (χ2n) is 3.00. The molecule has 0 saturated carbocycles. The molecule has 1 aromatic rings. The molecule has 0 saturated heterocycles. The number of benzene rings is 1. The Balaban J connectivity index is 2.83. The van der Waals surface area contributed by atoms with Gasteiger partial charge < -0.3 is 5.32 Å². The lowest BCUT2D eigenvalue weighted by Gasteiger charge is -2.09. The fourth-order valence-corrected chi connectivity index (χ4v) is 1.21. The van der Waals surface area contributed by atoms with Gasteiger partial charge in [-0.15, -0.1) is 0 Å². The summed E-state index contributed by atoms with van der Waals surface area (Å²) in [7, 11) is 0. The number of hydrogen-bond acceptors (Lipinski definition) is 3. The Kier molecular flexibility index (Phi) is 3.96. The molecule has 1 aromatic carbocycles. The average molecular weight is 284 g/mol. The number of nitro groups is 1. The third-order valence-electron chi connectivity index (χ3n) is 1.66. The van der Waals surface area contributed by atoms with Gasteiger partial charge in [-0.3, -0.25) is 10.1 Å². The van der Waals surface area contributed by atoms with Gasteiger partial charge in [0.25, 0.3) is 5.69 Å². The number of nitrogens with zero attached hydrogens (tertiary/aromatic N) is 1. The summed E-state index contributed by atoms with van der Waals surface area (Å²) in [5.41, 5.74) is -0.714. The van der Waals surface area contributed by atoms with Crippen LogP contribution in [0.25, 0.3) is 0 Å². The van der Waals surface area contributed by atoms with Crippen LogP contribution in [0.1, 0.15) is 0 Å². The number of rotatable bonds is 2. The molecule has 0 aliphatic heterocycles.